The number of nitrogens with zero attached hydrogens (tertiary/aromatic N) is 5. The van der Waals surface area contributed by atoms with Crippen LogP contribution in [0.3, 0.4) is 0 Å². The average Bonchev–Trinajstić information content (AvgIpc) is 3.48. The molecule has 0 saturated heterocycles. The molecule has 1 aromatic carbocycles. The average molecular weight is 676 g/mol. The van der Waals surface area contributed by atoms with Crippen LogP contribution < -0.4 is 26.8 Å². The molecule has 0 bridgehead atoms. The number of pyridine rings is 1. The Balaban J connectivity index is 1.64. The van der Waals surface area contributed by atoms with E-state index in [0.29, 0.717) is 24.6 Å². The van der Waals surface area contributed by atoms with Crippen molar-refractivity contribution in [2.75, 3.05) is 19.6 Å². The first-order valence-electron chi connectivity index (χ1n) is 16.5. The normalized spacial score (nSPS) is 20.2. The van der Waals surface area contributed by atoms with Crippen LogP contribution in [0, 0.1) is 5.92 Å². The number of aromatic nitrogens is 4. The monoisotopic (exact) mass is 675 g/mol. The number of aryl methyl sites for hydroxylation is 1. The summed E-state index contributed by atoms with van der Waals surface area (Å²) >= 11 is 0. The van der Waals surface area contributed by atoms with Crippen molar-refractivity contribution in [3.8, 4) is 11.4 Å². The van der Waals surface area contributed by atoms with Crippen molar-refractivity contribution in [1.29, 1.82) is 0 Å². The van der Waals surface area contributed by atoms with Crippen LogP contribution >= 0.6 is 0 Å². The van der Waals surface area contributed by atoms with Gasteiger partial charge in [0, 0.05) is 43.0 Å². The molecule has 1 aliphatic heterocycles. The van der Waals surface area contributed by atoms with E-state index >= 15 is 0 Å². The number of carbonyl (C=O) groups excluding carboxylic acids is 5. The molecule has 0 spiro atoms. The molecule has 0 radical (unpaired) electrons. The van der Waals surface area contributed by atoms with Crippen LogP contribution in [0.25, 0.3) is 11.4 Å². The molecule has 15 nitrogen and oxygen atoms in total. The van der Waals surface area contributed by atoms with Crippen LogP contribution in [-0.4, -0.2) is 85.5 Å². The minimum atomic E-state index is -1.03. The summed E-state index contributed by atoms with van der Waals surface area (Å²) in [5.41, 5.74) is 0.485. The summed E-state index contributed by atoms with van der Waals surface area (Å²) in [5, 5.41) is 15.7. The van der Waals surface area contributed by atoms with Gasteiger partial charge in [0.25, 0.3) is 11.5 Å². The molecule has 15 heteroatoms. The predicted molar refractivity (Wildman–Crippen MR) is 181 cm³/mol. The van der Waals surface area contributed by atoms with Gasteiger partial charge in [0.05, 0.1) is 12.6 Å². The van der Waals surface area contributed by atoms with Gasteiger partial charge < -0.3 is 30.7 Å². The van der Waals surface area contributed by atoms with Crippen molar-refractivity contribution in [2.45, 2.75) is 78.7 Å². The first-order valence-corrected chi connectivity index (χ1v) is 16.5. The van der Waals surface area contributed by atoms with E-state index in [4.69, 9.17) is 0 Å². The number of hydrogen-bond donors (Lipinski definition) is 4. The maximum atomic E-state index is 13.6. The van der Waals surface area contributed by atoms with E-state index in [1.807, 2.05) is 44.2 Å². The molecule has 1 aliphatic rings. The predicted octanol–water partition coefficient (Wildman–Crippen LogP) is 1.00. The molecule has 49 heavy (non-hydrogen) atoms. The van der Waals surface area contributed by atoms with Crippen LogP contribution in [-0.2, 0) is 32.3 Å². The van der Waals surface area contributed by atoms with Gasteiger partial charge in [0.2, 0.25) is 23.6 Å². The molecule has 0 aliphatic carbocycles. The van der Waals surface area contributed by atoms with Crippen LogP contribution in [0.15, 0.2) is 53.5 Å². The molecule has 5 amide bonds. The van der Waals surface area contributed by atoms with Crippen molar-refractivity contribution in [3.05, 3.63) is 70.4 Å². The Kier molecular flexibility index (Phi) is 12.4. The lowest BCUT2D eigenvalue weighted by Gasteiger charge is -2.25. The Bertz CT molecular complexity index is 1720. The van der Waals surface area contributed by atoms with Gasteiger partial charge in [-0.3, -0.25) is 28.8 Å². The molecular weight excluding hydrogens is 630 g/mol. The highest BCUT2D eigenvalue weighted by Crippen LogP contribution is 2.19. The summed E-state index contributed by atoms with van der Waals surface area (Å²) in [7, 11) is 0. The summed E-state index contributed by atoms with van der Waals surface area (Å²) in [4.78, 5) is 84.9. The number of fused-ring (bicyclic) bond motifs is 1. The van der Waals surface area contributed by atoms with E-state index in [1.165, 1.54) is 39.4 Å². The smallest absolute Gasteiger partial charge is 0.254 e. The van der Waals surface area contributed by atoms with Gasteiger partial charge >= 0.3 is 0 Å². The van der Waals surface area contributed by atoms with Gasteiger partial charge in [-0.15, -0.1) is 0 Å². The zero-order valence-electron chi connectivity index (χ0n) is 28.6. The van der Waals surface area contributed by atoms with E-state index in [2.05, 4.69) is 31.3 Å². The minimum absolute atomic E-state index is 0.0360. The van der Waals surface area contributed by atoms with Crippen molar-refractivity contribution in [2.24, 2.45) is 5.92 Å². The number of rotatable bonds is 5. The van der Waals surface area contributed by atoms with Gasteiger partial charge in [0.15, 0.2) is 5.82 Å². The second-order valence-corrected chi connectivity index (χ2v) is 12.5. The van der Waals surface area contributed by atoms with E-state index in [0.717, 1.165) is 5.56 Å². The topological polar surface area (TPSA) is 189 Å². The highest BCUT2D eigenvalue weighted by molar-refractivity contribution is 5.97. The minimum Gasteiger partial charge on any atom is -0.354 e. The van der Waals surface area contributed by atoms with Crippen molar-refractivity contribution < 1.29 is 24.0 Å². The Morgan fingerprint density at radius 1 is 0.918 bits per heavy atom. The van der Waals surface area contributed by atoms with E-state index in [9.17, 15) is 28.8 Å². The van der Waals surface area contributed by atoms with E-state index < -0.39 is 48.3 Å². The van der Waals surface area contributed by atoms with Crippen molar-refractivity contribution >= 4 is 29.5 Å². The summed E-state index contributed by atoms with van der Waals surface area (Å²) in [6, 6.07) is 9.31. The Hall–Kier alpha value is -5.34. The maximum absolute atomic E-state index is 13.6. The molecule has 0 unspecified atom stereocenters. The number of amides is 5. The number of hydrogen-bond acceptors (Lipinski definition) is 8. The van der Waals surface area contributed by atoms with Gasteiger partial charge in [-0.05, 0) is 45.6 Å². The Labute approximate surface area is 284 Å². The van der Waals surface area contributed by atoms with Crippen LogP contribution in [0.5, 0.6) is 0 Å². The fourth-order valence-electron chi connectivity index (χ4n) is 5.43. The van der Waals surface area contributed by atoms with Crippen molar-refractivity contribution in [1.82, 2.24) is 45.5 Å². The summed E-state index contributed by atoms with van der Waals surface area (Å²) in [6.45, 7) is 8.92. The summed E-state index contributed by atoms with van der Waals surface area (Å²) in [5.74, 6) is -1.81. The van der Waals surface area contributed by atoms with Gasteiger partial charge in [-0.2, -0.15) is 5.10 Å². The standard InChI is InChI=1S/C34H45N9O6/c1-6-41-16-13-25(18-29(41)46)34(49)42-15-10-14-35-27(44)20-43-31(39-30(40-43)24-11-8-7-9-12-24)22(4)37-33(48)26(17-21(2)3)38-32(47)23(5)36-28(45)19-42/h7-9,11-13,16,18,21-23,26H,6,10,14-15,17,19-20H2,1-5H3,(H,35,44)(H,36,45)(H,37,48)(H,38,47)/t22-,23+,26+/m0/s1. The zero-order valence-corrected chi connectivity index (χ0v) is 28.6. The van der Waals surface area contributed by atoms with Gasteiger partial charge in [-0.1, -0.05) is 44.2 Å². The van der Waals surface area contributed by atoms with Crippen LogP contribution in [0.4, 0.5) is 0 Å². The lowest BCUT2D eigenvalue weighted by atomic mass is 10.0. The maximum Gasteiger partial charge on any atom is 0.254 e. The molecule has 3 atom stereocenters. The molecule has 4 N–H and O–H groups in total. The third-order valence-corrected chi connectivity index (χ3v) is 8.02. The highest BCUT2D eigenvalue weighted by atomic mass is 16.2. The second kappa shape index (κ2) is 16.7. The SMILES string of the molecule is CCn1ccc(C(=O)N2CCCNC(=O)Cn3nc(-c4ccccc4)nc3[C@H](C)NC(=O)[C@@H](CC(C)C)NC(=O)[C@@H](C)NC(=O)C2)cc1=O. The summed E-state index contributed by atoms with van der Waals surface area (Å²) < 4.78 is 2.88. The fraction of sp³-hybridized carbons (Fsp3) is 0.471. The highest BCUT2D eigenvalue weighted by Gasteiger charge is 2.29. The zero-order chi connectivity index (χ0) is 35.7. The number of benzene rings is 1. The third kappa shape index (κ3) is 9.84. The van der Waals surface area contributed by atoms with E-state index in [1.54, 1.807) is 13.8 Å². The molecule has 0 fully saturated rings. The number of carbonyl (C=O) groups is 5. The van der Waals surface area contributed by atoms with Crippen LogP contribution in [0.2, 0.25) is 0 Å². The summed E-state index contributed by atoms with van der Waals surface area (Å²) in [6.07, 6.45) is 2.11. The first kappa shape index (κ1) is 36.5. The van der Waals surface area contributed by atoms with Gasteiger partial charge in [0.1, 0.15) is 24.5 Å². The molecule has 3 heterocycles. The van der Waals surface area contributed by atoms with Crippen molar-refractivity contribution in [3.63, 3.8) is 0 Å². The molecule has 262 valence electrons. The number of nitrogens with one attached hydrogen (secondary N) is 4. The Morgan fingerprint density at radius 2 is 1.65 bits per heavy atom. The largest absolute Gasteiger partial charge is 0.354 e. The Morgan fingerprint density at radius 3 is 2.33 bits per heavy atom. The second-order valence-electron chi connectivity index (χ2n) is 12.5. The molecule has 3 aromatic rings. The molecular formula is C34H45N9O6. The molecule has 2 aromatic heterocycles. The van der Waals surface area contributed by atoms with Crippen LogP contribution in [0.1, 0.15) is 69.7 Å². The van der Waals surface area contributed by atoms with E-state index in [-0.39, 0.29) is 49.0 Å². The first-order chi connectivity index (χ1) is 23.4. The lowest BCUT2D eigenvalue weighted by Crippen LogP contribution is -2.54. The quantitative estimate of drug-likeness (QED) is 0.308. The molecule has 4 rings (SSSR count). The lowest BCUT2D eigenvalue weighted by molar-refractivity contribution is -0.132. The third-order valence-electron chi connectivity index (χ3n) is 8.02. The van der Waals surface area contributed by atoms with Gasteiger partial charge in [-0.25, -0.2) is 9.67 Å². The molecule has 0 saturated carbocycles. The fourth-order valence-corrected chi connectivity index (χ4v) is 5.43.